The third-order valence-electron chi connectivity index (χ3n) is 2.37. The quantitative estimate of drug-likeness (QED) is 0.615. The third-order valence-corrected chi connectivity index (χ3v) is 2.37. The van der Waals surface area contributed by atoms with Crippen molar-refractivity contribution in [2.24, 2.45) is 0 Å². The van der Waals surface area contributed by atoms with Crippen molar-refractivity contribution in [2.45, 2.75) is 37.8 Å². The molecular formula is C9H19NO2. The van der Waals surface area contributed by atoms with Gasteiger partial charge in [0.1, 0.15) is 0 Å². The summed E-state index contributed by atoms with van der Waals surface area (Å²) >= 11 is 0. The second-order valence-electron chi connectivity index (χ2n) is 3.48. The van der Waals surface area contributed by atoms with Crippen molar-refractivity contribution in [2.75, 3.05) is 20.3 Å². The van der Waals surface area contributed by atoms with Crippen LogP contribution in [0.4, 0.5) is 0 Å². The molecule has 1 saturated carbocycles. The highest BCUT2D eigenvalue weighted by atomic mass is 16.5. The van der Waals surface area contributed by atoms with Gasteiger partial charge in [0.05, 0.1) is 12.7 Å². The third kappa shape index (κ3) is 3.52. The van der Waals surface area contributed by atoms with Crippen LogP contribution >= 0.6 is 0 Å². The van der Waals surface area contributed by atoms with Crippen molar-refractivity contribution in [1.82, 2.24) is 5.32 Å². The minimum atomic E-state index is -0.303. The van der Waals surface area contributed by atoms with Gasteiger partial charge in [-0.2, -0.15) is 0 Å². The van der Waals surface area contributed by atoms with Gasteiger partial charge in [0, 0.05) is 13.2 Å². The molecule has 0 spiro atoms. The van der Waals surface area contributed by atoms with Gasteiger partial charge < -0.3 is 15.2 Å². The van der Waals surface area contributed by atoms with Gasteiger partial charge in [-0.05, 0) is 25.8 Å². The van der Waals surface area contributed by atoms with Crippen LogP contribution < -0.4 is 5.32 Å². The maximum Gasteiger partial charge on any atom is 0.0785 e. The van der Waals surface area contributed by atoms with E-state index in [4.69, 9.17) is 4.74 Å². The fourth-order valence-electron chi connectivity index (χ4n) is 1.34. The Morgan fingerprint density at radius 1 is 1.58 bits per heavy atom. The van der Waals surface area contributed by atoms with Crippen LogP contribution in [0.5, 0.6) is 0 Å². The van der Waals surface area contributed by atoms with E-state index >= 15 is 0 Å². The van der Waals surface area contributed by atoms with Gasteiger partial charge in [0.15, 0.2) is 0 Å². The van der Waals surface area contributed by atoms with Crippen LogP contribution in [-0.4, -0.2) is 37.5 Å². The van der Waals surface area contributed by atoms with E-state index in [2.05, 4.69) is 5.32 Å². The zero-order valence-corrected chi connectivity index (χ0v) is 7.75. The van der Waals surface area contributed by atoms with E-state index in [0.717, 1.165) is 19.0 Å². The molecule has 0 amide bonds. The lowest BCUT2D eigenvalue weighted by Gasteiger charge is -2.26. The number of aliphatic hydroxyl groups is 1. The van der Waals surface area contributed by atoms with Gasteiger partial charge in [0.2, 0.25) is 0 Å². The first-order valence-corrected chi connectivity index (χ1v) is 4.73. The predicted octanol–water partition coefficient (Wildman–Crippen LogP) is 0.526. The molecule has 0 radical (unpaired) electrons. The summed E-state index contributed by atoms with van der Waals surface area (Å²) in [6.45, 7) is 1.36. The zero-order valence-electron chi connectivity index (χ0n) is 7.75. The molecule has 1 unspecified atom stereocenters. The number of methoxy groups -OCH3 is 1. The Balaban J connectivity index is 1.86. The summed E-state index contributed by atoms with van der Waals surface area (Å²) in [6.07, 6.45) is 4.46. The van der Waals surface area contributed by atoms with Crippen molar-refractivity contribution in [3.05, 3.63) is 0 Å². The van der Waals surface area contributed by atoms with E-state index in [1.54, 1.807) is 7.11 Å². The van der Waals surface area contributed by atoms with Gasteiger partial charge in [-0.3, -0.25) is 0 Å². The molecule has 0 aromatic carbocycles. The molecule has 1 fully saturated rings. The maximum atomic E-state index is 9.29. The van der Waals surface area contributed by atoms with E-state index in [1.807, 2.05) is 0 Å². The molecule has 0 aromatic heterocycles. The highest BCUT2D eigenvalue weighted by Gasteiger charge is 2.16. The molecule has 1 atom stereocenters. The second kappa shape index (κ2) is 5.51. The average Bonchev–Trinajstić information content (AvgIpc) is 1.95. The van der Waals surface area contributed by atoms with Crippen molar-refractivity contribution in [3.63, 3.8) is 0 Å². The van der Waals surface area contributed by atoms with Crippen LogP contribution in [-0.2, 0) is 4.74 Å². The Hall–Kier alpha value is -0.120. The van der Waals surface area contributed by atoms with E-state index in [9.17, 15) is 5.11 Å². The summed E-state index contributed by atoms with van der Waals surface area (Å²) in [5.74, 6) is 0. The Morgan fingerprint density at radius 3 is 2.83 bits per heavy atom. The topological polar surface area (TPSA) is 41.5 Å². The Morgan fingerprint density at radius 2 is 2.33 bits per heavy atom. The van der Waals surface area contributed by atoms with Crippen molar-refractivity contribution in [1.29, 1.82) is 0 Å². The highest BCUT2D eigenvalue weighted by Crippen LogP contribution is 2.17. The van der Waals surface area contributed by atoms with Gasteiger partial charge in [-0.1, -0.05) is 6.42 Å². The van der Waals surface area contributed by atoms with Crippen LogP contribution in [0.1, 0.15) is 25.7 Å². The molecule has 0 bridgehead atoms. The Labute approximate surface area is 74.1 Å². The van der Waals surface area contributed by atoms with E-state index in [-0.39, 0.29) is 6.10 Å². The Bertz CT molecular complexity index is 115. The fourth-order valence-corrected chi connectivity index (χ4v) is 1.34. The van der Waals surface area contributed by atoms with Crippen molar-refractivity contribution >= 4 is 0 Å². The standard InChI is InChI=1S/C9H19NO2/c1-12-7-9(11)5-6-10-8-3-2-4-8/h8-11H,2-7H2,1H3. The molecule has 2 N–H and O–H groups in total. The van der Waals surface area contributed by atoms with Crippen molar-refractivity contribution < 1.29 is 9.84 Å². The van der Waals surface area contributed by atoms with Crippen LogP contribution in [0.25, 0.3) is 0 Å². The minimum absolute atomic E-state index is 0.303. The first-order valence-electron chi connectivity index (χ1n) is 4.73. The number of hydrogen-bond donors (Lipinski definition) is 2. The minimum Gasteiger partial charge on any atom is -0.391 e. The first kappa shape index (κ1) is 9.96. The number of hydrogen-bond acceptors (Lipinski definition) is 3. The van der Waals surface area contributed by atoms with Crippen LogP contribution in [0, 0.1) is 0 Å². The molecule has 72 valence electrons. The van der Waals surface area contributed by atoms with E-state index in [0.29, 0.717) is 6.61 Å². The van der Waals surface area contributed by atoms with E-state index < -0.39 is 0 Å². The van der Waals surface area contributed by atoms with Crippen molar-refractivity contribution in [3.8, 4) is 0 Å². The molecule has 1 aliphatic carbocycles. The zero-order chi connectivity index (χ0) is 8.81. The number of nitrogens with one attached hydrogen (secondary N) is 1. The van der Waals surface area contributed by atoms with Crippen LogP contribution in [0.2, 0.25) is 0 Å². The molecule has 0 aliphatic heterocycles. The summed E-state index contributed by atoms with van der Waals surface area (Å²) in [5.41, 5.74) is 0. The fraction of sp³-hybridized carbons (Fsp3) is 1.00. The highest BCUT2D eigenvalue weighted by molar-refractivity contribution is 4.76. The molecule has 1 rings (SSSR count). The number of ether oxygens (including phenoxy) is 1. The van der Waals surface area contributed by atoms with Gasteiger partial charge >= 0.3 is 0 Å². The largest absolute Gasteiger partial charge is 0.391 e. The second-order valence-corrected chi connectivity index (χ2v) is 3.48. The summed E-state index contributed by atoms with van der Waals surface area (Å²) in [7, 11) is 1.61. The first-order chi connectivity index (χ1) is 5.83. The monoisotopic (exact) mass is 173 g/mol. The van der Waals surface area contributed by atoms with E-state index in [1.165, 1.54) is 19.3 Å². The number of aliphatic hydroxyl groups excluding tert-OH is 1. The predicted molar refractivity (Wildman–Crippen MR) is 48.1 cm³/mol. The van der Waals surface area contributed by atoms with Gasteiger partial charge in [-0.15, -0.1) is 0 Å². The molecule has 0 aromatic rings. The van der Waals surface area contributed by atoms with Gasteiger partial charge in [-0.25, -0.2) is 0 Å². The lowest BCUT2D eigenvalue weighted by Crippen LogP contribution is -2.37. The lowest BCUT2D eigenvalue weighted by atomic mass is 9.93. The average molecular weight is 173 g/mol. The summed E-state index contributed by atoms with van der Waals surface area (Å²) in [5, 5.41) is 12.7. The normalized spacial score (nSPS) is 20.5. The molecule has 3 nitrogen and oxygen atoms in total. The lowest BCUT2D eigenvalue weighted by molar-refractivity contribution is 0.0584. The van der Waals surface area contributed by atoms with Gasteiger partial charge in [0.25, 0.3) is 0 Å². The molecular weight excluding hydrogens is 154 g/mol. The smallest absolute Gasteiger partial charge is 0.0785 e. The summed E-state index contributed by atoms with van der Waals surface area (Å²) in [4.78, 5) is 0. The summed E-state index contributed by atoms with van der Waals surface area (Å²) < 4.78 is 4.82. The Kier molecular flexibility index (Phi) is 4.58. The molecule has 0 saturated heterocycles. The van der Waals surface area contributed by atoms with Crippen LogP contribution in [0.15, 0.2) is 0 Å². The summed E-state index contributed by atoms with van der Waals surface area (Å²) in [6, 6.07) is 0.722. The molecule has 0 heterocycles. The molecule has 12 heavy (non-hydrogen) atoms. The number of rotatable bonds is 6. The molecule has 1 aliphatic rings. The van der Waals surface area contributed by atoms with Crippen LogP contribution in [0.3, 0.4) is 0 Å². The maximum absolute atomic E-state index is 9.29. The SMILES string of the molecule is COCC(O)CCNC1CCC1. The molecule has 3 heteroatoms.